The summed E-state index contributed by atoms with van der Waals surface area (Å²) >= 11 is 0. The van der Waals surface area contributed by atoms with Crippen molar-refractivity contribution < 1.29 is 13.2 Å². The molecule has 0 saturated carbocycles. The van der Waals surface area contributed by atoms with Crippen LogP contribution in [0.2, 0.25) is 0 Å². The van der Waals surface area contributed by atoms with Crippen LogP contribution in [-0.4, -0.2) is 22.1 Å². The van der Waals surface area contributed by atoms with Gasteiger partial charge in [-0.15, -0.1) is 0 Å². The van der Waals surface area contributed by atoms with Gasteiger partial charge in [0, 0.05) is 6.54 Å². The molecule has 0 atom stereocenters. The van der Waals surface area contributed by atoms with Crippen molar-refractivity contribution >= 4 is 10.0 Å². The van der Waals surface area contributed by atoms with E-state index in [1.54, 1.807) is 13.2 Å². The highest BCUT2D eigenvalue weighted by molar-refractivity contribution is 7.89. The van der Waals surface area contributed by atoms with E-state index in [1.165, 1.54) is 0 Å². The molecule has 2 rings (SSSR count). The minimum absolute atomic E-state index is 0.341. The Morgan fingerprint density at radius 2 is 1.73 bits per heavy atom. The van der Waals surface area contributed by atoms with E-state index in [4.69, 9.17) is 4.74 Å². The molecule has 0 heterocycles. The van der Waals surface area contributed by atoms with Crippen LogP contribution in [-0.2, 0) is 16.4 Å². The molecule has 0 unspecified atom stereocenters. The monoisotopic (exact) mass is 319 g/mol. The molecule has 0 saturated heterocycles. The van der Waals surface area contributed by atoms with Gasteiger partial charge in [-0.25, -0.2) is 13.1 Å². The number of ether oxygens (including phenoxy) is 1. The fourth-order valence-corrected chi connectivity index (χ4v) is 3.56. The standard InChI is InChI=1S/C17H21NO3S/c1-13-4-9-17(14(2)12-13)22(19,20)18-11-10-15-5-7-16(21-3)8-6-15/h4-9,12,18H,10-11H2,1-3H3. The maximum absolute atomic E-state index is 12.3. The molecule has 4 nitrogen and oxygen atoms in total. The third-order valence-electron chi connectivity index (χ3n) is 3.48. The molecule has 0 bridgehead atoms. The van der Waals surface area contributed by atoms with Crippen molar-refractivity contribution in [2.45, 2.75) is 25.2 Å². The summed E-state index contributed by atoms with van der Waals surface area (Å²) in [5, 5.41) is 0. The molecule has 22 heavy (non-hydrogen) atoms. The fourth-order valence-electron chi connectivity index (χ4n) is 2.30. The van der Waals surface area contributed by atoms with Crippen molar-refractivity contribution in [3.63, 3.8) is 0 Å². The summed E-state index contributed by atoms with van der Waals surface area (Å²) in [6.45, 7) is 4.12. The van der Waals surface area contributed by atoms with E-state index in [9.17, 15) is 8.42 Å². The Morgan fingerprint density at radius 1 is 1.05 bits per heavy atom. The summed E-state index contributed by atoms with van der Waals surface area (Å²) in [5.41, 5.74) is 2.87. The summed E-state index contributed by atoms with van der Waals surface area (Å²) in [4.78, 5) is 0.341. The SMILES string of the molecule is COc1ccc(CCNS(=O)(=O)c2ccc(C)cc2C)cc1. The summed E-state index contributed by atoms with van der Waals surface area (Å²) in [5.74, 6) is 0.791. The lowest BCUT2D eigenvalue weighted by Gasteiger charge is -2.10. The Hall–Kier alpha value is -1.85. The van der Waals surface area contributed by atoms with E-state index in [-0.39, 0.29) is 0 Å². The van der Waals surface area contributed by atoms with Crippen LogP contribution in [0.4, 0.5) is 0 Å². The molecule has 2 aromatic carbocycles. The van der Waals surface area contributed by atoms with Crippen LogP contribution in [0, 0.1) is 13.8 Å². The van der Waals surface area contributed by atoms with Crippen molar-refractivity contribution in [1.82, 2.24) is 4.72 Å². The van der Waals surface area contributed by atoms with Crippen LogP contribution >= 0.6 is 0 Å². The number of benzene rings is 2. The molecule has 5 heteroatoms. The van der Waals surface area contributed by atoms with Gasteiger partial charge in [0.15, 0.2) is 0 Å². The van der Waals surface area contributed by atoms with Crippen LogP contribution in [0.1, 0.15) is 16.7 Å². The summed E-state index contributed by atoms with van der Waals surface area (Å²) in [7, 11) is -1.85. The van der Waals surface area contributed by atoms with Gasteiger partial charge < -0.3 is 4.74 Å². The number of hydrogen-bond acceptors (Lipinski definition) is 3. The third-order valence-corrected chi connectivity index (χ3v) is 5.11. The van der Waals surface area contributed by atoms with Gasteiger partial charge in [-0.2, -0.15) is 0 Å². The Balaban J connectivity index is 2.00. The number of sulfonamides is 1. The minimum Gasteiger partial charge on any atom is -0.497 e. The van der Waals surface area contributed by atoms with E-state index in [1.807, 2.05) is 50.2 Å². The lowest BCUT2D eigenvalue weighted by Crippen LogP contribution is -2.26. The van der Waals surface area contributed by atoms with Gasteiger partial charge in [0.25, 0.3) is 0 Å². The van der Waals surface area contributed by atoms with Gasteiger partial charge in [0.1, 0.15) is 5.75 Å². The van der Waals surface area contributed by atoms with Crippen LogP contribution in [0.3, 0.4) is 0 Å². The van der Waals surface area contributed by atoms with Crippen LogP contribution in [0.5, 0.6) is 5.75 Å². The lowest BCUT2D eigenvalue weighted by atomic mass is 10.1. The van der Waals surface area contributed by atoms with Crippen LogP contribution in [0.25, 0.3) is 0 Å². The first kappa shape index (κ1) is 16.5. The summed E-state index contributed by atoms with van der Waals surface area (Å²) < 4.78 is 32.4. The largest absolute Gasteiger partial charge is 0.497 e. The van der Waals surface area contributed by atoms with E-state index >= 15 is 0 Å². The molecule has 118 valence electrons. The lowest BCUT2D eigenvalue weighted by molar-refractivity contribution is 0.414. The zero-order valence-electron chi connectivity index (χ0n) is 13.1. The second-order valence-electron chi connectivity index (χ2n) is 5.26. The number of nitrogens with one attached hydrogen (secondary N) is 1. The molecule has 0 fully saturated rings. The summed E-state index contributed by atoms with van der Waals surface area (Å²) in [6, 6.07) is 12.9. The summed E-state index contributed by atoms with van der Waals surface area (Å²) in [6.07, 6.45) is 0.633. The van der Waals surface area contributed by atoms with Crippen molar-refractivity contribution in [2.24, 2.45) is 0 Å². The number of rotatable bonds is 6. The Bertz CT molecular complexity index is 737. The van der Waals surface area contributed by atoms with Crippen molar-refractivity contribution in [3.8, 4) is 5.75 Å². The zero-order chi connectivity index (χ0) is 16.2. The highest BCUT2D eigenvalue weighted by Crippen LogP contribution is 2.16. The minimum atomic E-state index is -3.47. The first-order chi connectivity index (χ1) is 10.4. The first-order valence-corrected chi connectivity index (χ1v) is 8.60. The smallest absolute Gasteiger partial charge is 0.240 e. The predicted octanol–water partition coefficient (Wildman–Crippen LogP) is 2.83. The van der Waals surface area contributed by atoms with Gasteiger partial charge in [-0.1, -0.05) is 29.8 Å². The molecule has 0 amide bonds. The average Bonchev–Trinajstić information content (AvgIpc) is 2.47. The van der Waals surface area contributed by atoms with E-state index in [0.29, 0.717) is 17.9 Å². The zero-order valence-corrected chi connectivity index (χ0v) is 13.9. The molecule has 0 aliphatic rings. The molecular weight excluding hydrogens is 298 g/mol. The number of aryl methyl sites for hydroxylation is 2. The predicted molar refractivity (Wildman–Crippen MR) is 87.8 cm³/mol. The van der Waals surface area contributed by atoms with Gasteiger partial charge in [0.2, 0.25) is 10.0 Å². The first-order valence-electron chi connectivity index (χ1n) is 7.12. The molecule has 0 spiro atoms. The molecule has 0 radical (unpaired) electrons. The van der Waals surface area contributed by atoms with E-state index < -0.39 is 10.0 Å². The van der Waals surface area contributed by atoms with Crippen molar-refractivity contribution in [1.29, 1.82) is 0 Å². The molecule has 0 aliphatic carbocycles. The van der Waals surface area contributed by atoms with Gasteiger partial charge in [-0.3, -0.25) is 0 Å². The molecule has 0 aromatic heterocycles. The maximum atomic E-state index is 12.3. The quantitative estimate of drug-likeness (QED) is 0.891. The highest BCUT2D eigenvalue weighted by atomic mass is 32.2. The second-order valence-corrected chi connectivity index (χ2v) is 7.00. The molecule has 0 aliphatic heterocycles. The Morgan fingerprint density at radius 3 is 2.32 bits per heavy atom. The maximum Gasteiger partial charge on any atom is 0.240 e. The van der Waals surface area contributed by atoms with Gasteiger partial charge in [0.05, 0.1) is 12.0 Å². The van der Waals surface area contributed by atoms with Crippen LogP contribution < -0.4 is 9.46 Å². The van der Waals surface area contributed by atoms with E-state index in [0.717, 1.165) is 22.4 Å². The topological polar surface area (TPSA) is 55.4 Å². The number of hydrogen-bond donors (Lipinski definition) is 1. The molecule has 1 N–H and O–H groups in total. The van der Waals surface area contributed by atoms with E-state index in [2.05, 4.69) is 4.72 Å². The van der Waals surface area contributed by atoms with Gasteiger partial charge >= 0.3 is 0 Å². The third kappa shape index (κ3) is 4.08. The fraction of sp³-hybridized carbons (Fsp3) is 0.294. The molecular formula is C17H21NO3S. The Labute approximate surface area is 132 Å². The second kappa shape index (κ2) is 6.94. The highest BCUT2D eigenvalue weighted by Gasteiger charge is 2.15. The van der Waals surface area contributed by atoms with Crippen molar-refractivity contribution in [3.05, 3.63) is 59.2 Å². The average molecular weight is 319 g/mol. The Kier molecular flexibility index (Phi) is 5.21. The normalized spacial score (nSPS) is 11.4. The van der Waals surface area contributed by atoms with Crippen LogP contribution in [0.15, 0.2) is 47.4 Å². The van der Waals surface area contributed by atoms with Gasteiger partial charge in [-0.05, 0) is 49.6 Å². The number of methoxy groups -OCH3 is 1. The molecule has 2 aromatic rings. The van der Waals surface area contributed by atoms with Crippen molar-refractivity contribution in [2.75, 3.05) is 13.7 Å².